The van der Waals surface area contributed by atoms with Gasteiger partial charge in [-0.15, -0.1) is 10.2 Å². The van der Waals surface area contributed by atoms with Crippen molar-refractivity contribution in [2.24, 2.45) is 0 Å². The molecule has 3 aromatic rings. The molecule has 2 aromatic heterocycles. The summed E-state index contributed by atoms with van der Waals surface area (Å²) in [5.41, 5.74) is 0.886. The van der Waals surface area contributed by atoms with Crippen LogP contribution in [0.25, 0.3) is 5.65 Å². The quantitative estimate of drug-likeness (QED) is 0.615. The van der Waals surface area contributed by atoms with Crippen molar-refractivity contribution in [3.8, 4) is 0 Å². The summed E-state index contributed by atoms with van der Waals surface area (Å²) < 4.78 is 40.1. The Balaban J connectivity index is 1.77. The highest BCUT2D eigenvalue weighted by atomic mass is 35.5. The molecule has 0 saturated carbocycles. The van der Waals surface area contributed by atoms with E-state index in [1.165, 1.54) is 0 Å². The van der Waals surface area contributed by atoms with Gasteiger partial charge in [0.05, 0.1) is 16.3 Å². The predicted octanol–water partition coefficient (Wildman–Crippen LogP) is 4.69. The van der Waals surface area contributed by atoms with Gasteiger partial charge >= 0.3 is 6.18 Å². The molecular formula is C17H14ClF3N4OS. The molecule has 2 heterocycles. The molecule has 3 rings (SSSR count). The third-order valence-electron chi connectivity index (χ3n) is 3.76. The number of carbonyl (C=O) groups excluding carboxylic acids is 1. The SMILES string of the molecule is CCc1ccccc1NC(=O)CSc1nnc2c(Cl)cc(C(F)(F)F)cn12. The average molecular weight is 415 g/mol. The largest absolute Gasteiger partial charge is 0.417 e. The fourth-order valence-corrected chi connectivity index (χ4v) is 3.41. The molecule has 0 atom stereocenters. The molecular weight excluding hydrogens is 401 g/mol. The maximum absolute atomic E-state index is 13.0. The number of nitrogens with one attached hydrogen (secondary N) is 1. The second-order valence-corrected chi connectivity index (χ2v) is 6.95. The van der Waals surface area contributed by atoms with Crippen LogP contribution in [0.2, 0.25) is 5.02 Å². The van der Waals surface area contributed by atoms with Gasteiger partial charge in [-0.2, -0.15) is 13.2 Å². The van der Waals surface area contributed by atoms with Crippen molar-refractivity contribution in [1.29, 1.82) is 0 Å². The number of carbonyl (C=O) groups is 1. The zero-order valence-corrected chi connectivity index (χ0v) is 15.6. The number of aromatic nitrogens is 3. The smallest absolute Gasteiger partial charge is 0.325 e. The summed E-state index contributed by atoms with van der Waals surface area (Å²) in [6.45, 7) is 1.98. The molecule has 0 saturated heterocycles. The number of hydrogen-bond donors (Lipinski definition) is 1. The molecule has 1 amide bonds. The number of nitrogens with zero attached hydrogens (tertiary/aromatic N) is 3. The minimum absolute atomic E-state index is 0.0350. The van der Waals surface area contributed by atoms with E-state index in [4.69, 9.17) is 11.6 Å². The van der Waals surface area contributed by atoms with Crippen LogP contribution in [0.15, 0.2) is 41.7 Å². The van der Waals surface area contributed by atoms with Crippen LogP contribution < -0.4 is 5.32 Å². The summed E-state index contributed by atoms with van der Waals surface area (Å²) in [5, 5.41) is 10.4. The average Bonchev–Trinajstić information content (AvgIpc) is 3.03. The number of hydrogen-bond acceptors (Lipinski definition) is 4. The Kier molecular flexibility index (Phi) is 5.61. The summed E-state index contributed by atoms with van der Waals surface area (Å²) in [5.74, 6) is -0.331. The maximum atomic E-state index is 13.0. The lowest BCUT2D eigenvalue weighted by Gasteiger charge is -2.10. The van der Waals surface area contributed by atoms with Crippen LogP contribution in [-0.2, 0) is 17.4 Å². The van der Waals surface area contributed by atoms with Crippen molar-refractivity contribution in [2.45, 2.75) is 24.7 Å². The lowest BCUT2D eigenvalue weighted by molar-refractivity contribution is -0.137. The molecule has 1 aromatic carbocycles. The van der Waals surface area contributed by atoms with Gasteiger partial charge in [-0.05, 0) is 24.1 Å². The number of thioether (sulfide) groups is 1. The Labute approximate surface area is 161 Å². The number of halogens is 4. The molecule has 27 heavy (non-hydrogen) atoms. The van der Waals surface area contributed by atoms with Gasteiger partial charge in [-0.3, -0.25) is 9.20 Å². The fraction of sp³-hybridized carbons (Fsp3) is 0.235. The van der Waals surface area contributed by atoms with Crippen molar-refractivity contribution < 1.29 is 18.0 Å². The molecule has 10 heteroatoms. The normalized spacial score (nSPS) is 11.7. The second-order valence-electron chi connectivity index (χ2n) is 5.60. The van der Waals surface area contributed by atoms with Gasteiger partial charge < -0.3 is 5.32 Å². The van der Waals surface area contributed by atoms with Crippen molar-refractivity contribution in [1.82, 2.24) is 14.6 Å². The number of amides is 1. The van der Waals surface area contributed by atoms with Crippen LogP contribution in [0.3, 0.4) is 0 Å². The van der Waals surface area contributed by atoms with Gasteiger partial charge in [0.25, 0.3) is 0 Å². The summed E-state index contributed by atoms with van der Waals surface area (Å²) in [7, 11) is 0. The van der Waals surface area contributed by atoms with Crippen molar-refractivity contribution in [3.05, 3.63) is 52.7 Å². The molecule has 0 bridgehead atoms. The predicted molar refractivity (Wildman–Crippen MR) is 98.2 cm³/mol. The number of benzene rings is 1. The van der Waals surface area contributed by atoms with Gasteiger partial charge in [0.15, 0.2) is 10.8 Å². The number of aryl methyl sites for hydroxylation is 1. The Hall–Kier alpha value is -2.26. The Bertz CT molecular complexity index is 990. The van der Waals surface area contributed by atoms with Crippen LogP contribution in [0.4, 0.5) is 18.9 Å². The van der Waals surface area contributed by atoms with Gasteiger partial charge in [0.1, 0.15) is 0 Å². The summed E-state index contributed by atoms with van der Waals surface area (Å²) in [6.07, 6.45) is -2.92. The number of anilines is 1. The molecule has 1 N–H and O–H groups in total. The van der Waals surface area contributed by atoms with Gasteiger partial charge in [-0.25, -0.2) is 0 Å². The molecule has 0 radical (unpaired) electrons. The van der Waals surface area contributed by atoms with E-state index in [9.17, 15) is 18.0 Å². The Morgan fingerprint density at radius 1 is 1.30 bits per heavy atom. The van der Waals surface area contributed by atoms with E-state index >= 15 is 0 Å². The molecule has 5 nitrogen and oxygen atoms in total. The molecule has 0 fully saturated rings. The van der Waals surface area contributed by atoms with E-state index in [2.05, 4.69) is 15.5 Å². The van der Waals surface area contributed by atoms with E-state index in [1.807, 2.05) is 25.1 Å². The monoisotopic (exact) mass is 414 g/mol. The van der Waals surface area contributed by atoms with Crippen LogP contribution in [0.5, 0.6) is 0 Å². The zero-order chi connectivity index (χ0) is 19.6. The summed E-state index contributed by atoms with van der Waals surface area (Å²) >= 11 is 6.85. The van der Waals surface area contributed by atoms with Crippen LogP contribution in [-0.4, -0.2) is 26.3 Å². The number of para-hydroxylation sites is 1. The number of alkyl halides is 3. The molecule has 0 aliphatic heterocycles. The highest BCUT2D eigenvalue weighted by Gasteiger charge is 2.32. The zero-order valence-electron chi connectivity index (χ0n) is 14.0. The van der Waals surface area contributed by atoms with E-state index in [0.29, 0.717) is 5.69 Å². The van der Waals surface area contributed by atoms with Crippen LogP contribution >= 0.6 is 23.4 Å². The molecule has 0 aliphatic carbocycles. The lowest BCUT2D eigenvalue weighted by Crippen LogP contribution is -2.15. The first-order valence-electron chi connectivity index (χ1n) is 7.91. The Morgan fingerprint density at radius 3 is 2.74 bits per heavy atom. The van der Waals surface area contributed by atoms with Crippen LogP contribution in [0, 0.1) is 0 Å². The molecule has 142 valence electrons. The first-order chi connectivity index (χ1) is 12.8. The topological polar surface area (TPSA) is 59.3 Å². The van der Waals surface area contributed by atoms with E-state index < -0.39 is 11.7 Å². The second kappa shape index (κ2) is 7.77. The van der Waals surface area contributed by atoms with Crippen molar-refractivity contribution in [3.63, 3.8) is 0 Å². The fourth-order valence-electron chi connectivity index (χ4n) is 2.45. The standard InChI is InChI=1S/C17H14ClF3N4OS/c1-2-10-5-3-4-6-13(10)22-14(26)9-27-16-24-23-15-12(18)7-11(8-25(15)16)17(19,20)21/h3-8H,2,9H2,1H3,(H,22,26). The highest BCUT2D eigenvalue weighted by molar-refractivity contribution is 7.99. The minimum atomic E-state index is -4.55. The lowest BCUT2D eigenvalue weighted by atomic mass is 10.1. The number of fused-ring (bicyclic) bond motifs is 1. The maximum Gasteiger partial charge on any atom is 0.417 e. The van der Waals surface area contributed by atoms with Crippen molar-refractivity contribution in [2.75, 3.05) is 11.1 Å². The Morgan fingerprint density at radius 2 is 2.04 bits per heavy atom. The first kappa shape index (κ1) is 19.5. The van der Waals surface area contributed by atoms with Gasteiger partial charge in [-0.1, -0.05) is 48.5 Å². The van der Waals surface area contributed by atoms with Crippen molar-refractivity contribution >= 4 is 40.6 Å². The third-order valence-corrected chi connectivity index (χ3v) is 4.98. The highest BCUT2D eigenvalue weighted by Crippen LogP contribution is 2.33. The van der Waals surface area contributed by atoms with Crippen LogP contribution in [0.1, 0.15) is 18.1 Å². The minimum Gasteiger partial charge on any atom is -0.325 e. The molecule has 0 spiro atoms. The summed E-state index contributed by atoms with van der Waals surface area (Å²) in [6, 6.07) is 8.20. The third kappa shape index (κ3) is 4.36. The van der Waals surface area contributed by atoms with E-state index in [-0.39, 0.29) is 27.5 Å². The summed E-state index contributed by atoms with van der Waals surface area (Å²) in [4.78, 5) is 12.2. The first-order valence-corrected chi connectivity index (χ1v) is 9.28. The van der Waals surface area contributed by atoms with Gasteiger partial charge in [0.2, 0.25) is 5.91 Å². The van der Waals surface area contributed by atoms with Gasteiger partial charge in [0, 0.05) is 11.9 Å². The van der Waals surface area contributed by atoms with E-state index in [1.54, 1.807) is 6.07 Å². The molecule has 0 unspecified atom stereocenters. The number of rotatable bonds is 5. The van der Waals surface area contributed by atoms with E-state index in [0.717, 1.165) is 40.4 Å². The number of pyridine rings is 1. The molecule has 0 aliphatic rings.